The minimum absolute atomic E-state index is 0. The summed E-state index contributed by atoms with van der Waals surface area (Å²) in [5.74, 6) is 1.93. The smallest absolute Gasteiger partial charge is 1.00 e. The van der Waals surface area contributed by atoms with E-state index in [0.29, 0.717) is 25.7 Å². The summed E-state index contributed by atoms with van der Waals surface area (Å²) < 4.78 is 42.4. The average molecular weight is 1310 g/mol. The van der Waals surface area contributed by atoms with Crippen molar-refractivity contribution in [1.29, 1.82) is 0 Å². The van der Waals surface area contributed by atoms with Crippen LogP contribution in [0.4, 0.5) is 0 Å². The van der Waals surface area contributed by atoms with Crippen molar-refractivity contribution in [3.8, 4) is 0 Å². The molecule has 4 heterocycles. The average Bonchev–Trinajstić information content (AvgIpc) is 1.37. The number of ketones is 2. The minimum atomic E-state index is -3.80. The Morgan fingerprint density at radius 1 is 0.800 bits per heavy atom. The van der Waals surface area contributed by atoms with Gasteiger partial charge in [-0.15, -0.1) is 22.7 Å². The maximum Gasteiger partial charge on any atom is 1.00 e. The Bertz CT molecular complexity index is 3650. The second-order valence-corrected chi connectivity index (χ2v) is 30.7. The molecule has 0 aliphatic heterocycles. The normalized spacial score (nSPS) is 34.4. The largest absolute Gasteiger partial charge is 1.00 e. The van der Waals surface area contributed by atoms with Crippen LogP contribution in [0.2, 0.25) is 0 Å². The van der Waals surface area contributed by atoms with E-state index in [0.717, 1.165) is 97.9 Å². The van der Waals surface area contributed by atoms with E-state index in [1.165, 1.54) is 27.6 Å². The molecule has 0 radical (unpaired) electrons. The number of para-hydroxylation sites is 2. The van der Waals surface area contributed by atoms with Gasteiger partial charge in [-0.05, 0) is 172 Å². The van der Waals surface area contributed by atoms with Crippen molar-refractivity contribution in [3.63, 3.8) is 0 Å². The number of aliphatic hydroxyl groups is 4. The summed E-state index contributed by atoms with van der Waals surface area (Å²) in [5, 5.41) is 63.2. The minimum Gasteiger partial charge on any atom is -1.00 e. The fourth-order valence-electron chi connectivity index (χ4n) is 17.3. The summed E-state index contributed by atoms with van der Waals surface area (Å²) in [6.07, 6.45) is 15.6. The Balaban J connectivity index is 0.000000178. The number of carbonyl (C=O) groups excluding carboxylic acids is 3. The third kappa shape index (κ3) is 12.3. The Morgan fingerprint density at radius 2 is 1.29 bits per heavy atom. The fourth-order valence-corrected chi connectivity index (χ4v) is 20.8. The third-order valence-electron chi connectivity index (χ3n) is 21.0. The van der Waals surface area contributed by atoms with Crippen molar-refractivity contribution in [3.05, 3.63) is 98.7 Å². The number of thioether (sulfide) groups is 1. The molecule has 0 bridgehead atoms. The summed E-state index contributed by atoms with van der Waals surface area (Å²) in [4.78, 5) is 45.7. The van der Waals surface area contributed by atoms with Crippen LogP contribution in [0.3, 0.4) is 0 Å². The molecule has 0 spiro atoms. The van der Waals surface area contributed by atoms with Gasteiger partial charge in [0.05, 0.1) is 57.0 Å². The number of aliphatic hydroxyl groups excluding tert-OH is 2. The van der Waals surface area contributed by atoms with E-state index >= 15 is 0 Å². The molecule has 6 fully saturated rings. The van der Waals surface area contributed by atoms with Gasteiger partial charge in [-0.2, -0.15) is 8.42 Å². The van der Waals surface area contributed by atoms with Gasteiger partial charge in [0, 0.05) is 22.0 Å². The number of aromatic nitrogens is 4. The number of aromatic amines is 1. The molecule has 446 valence electrons. The Morgan fingerprint density at radius 3 is 1.79 bits per heavy atom. The van der Waals surface area contributed by atoms with Crippen LogP contribution in [0, 0.1) is 61.1 Å². The molecule has 6 saturated carbocycles. The van der Waals surface area contributed by atoms with E-state index < -0.39 is 56.7 Å². The van der Waals surface area contributed by atoms with E-state index in [1.54, 1.807) is 28.9 Å². The first-order valence-electron chi connectivity index (χ1n) is 28.2. The van der Waals surface area contributed by atoms with Gasteiger partial charge in [0.1, 0.15) is 17.8 Å². The van der Waals surface area contributed by atoms with Crippen LogP contribution in [0.25, 0.3) is 32.6 Å². The molecule has 8 aliphatic carbocycles. The van der Waals surface area contributed by atoms with Gasteiger partial charge in [0.2, 0.25) is 0 Å². The summed E-state index contributed by atoms with van der Waals surface area (Å²) >= 11 is 9.60. The Hall–Kier alpha value is -1.52. The number of Topliss-reactive ketones (excluding diaryl/α,β-unsaturated/α-hetero) is 2. The predicted octanol–water partition coefficient (Wildman–Crippen LogP) is 3.15. The van der Waals surface area contributed by atoms with Crippen LogP contribution in [-0.2, 0) is 46.4 Å². The molecule has 14 atom stereocenters. The van der Waals surface area contributed by atoms with Gasteiger partial charge >= 0.3 is 103 Å². The zero-order valence-corrected chi connectivity index (χ0v) is 59.1. The number of rotatable bonds is 9. The number of hydrogen-bond donors (Lipinski definition) is 5. The van der Waals surface area contributed by atoms with Gasteiger partial charge in [0.25, 0.3) is 16.6 Å². The van der Waals surface area contributed by atoms with Crippen molar-refractivity contribution >= 4 is 107 Å². The number of nitrogens with zero attached hydrogens (tertiary/aromatic N) is 3. The molecule has 2 aromatic carbocycles. The number of thiazole rings is 2. The van der Waals surface area contributed by atoms with Gasteiger partial charge in [-0.1, -0.05) is 85.2 Å². The van der Waals surface area contributed by atoms with Crippen molar-refractivity contribution < 1.29 is 171 Å². The topological polar surface area (TPSA) is 289 Å². The quantitative estimate of drug-likeness (QED) is 0.0264. The molecule has 85 heavy (non-hydrogen) atoms. The first kappa shape index (κ1) is 67.9. The number of allylic oxidation sites excluding steroid dienone is 2. The van der Waals surface area contributed by atoms with Gasteiger partial charge in [-0.3, -0.25) is 18.6 Å². The van der Waals surface area contributed by atoms with Gasteiger partial charge < -0.3 is 46.0 Å². The number of nitrogens with one attached hydrogen (secondary N) is 1. The Kier molecular flexibility index (Phi) is 20.9. The van der Waals surface area contributed by atoms with Crippen LogP contribution in [0.15, 0.2) is 85.5 Å². The maximum atomic E-state index is 13.7. The second kappa shape index (κ2) is 26.2. The summed E-state index contributed by atoms with van der Waals surface area (Å²) in [5.41, 5.74) is 1.88. The molecule has 18 nitrogen and oxygen atoms in total. The van der Waals surface area contributed by atoms with Crippen LogP contribution in [-0.4, -0.2) is 109 Å². The van der Waals surface area contributed by atoms with Crippen LogP contribution in [0.1, 0.15) is 116 Å². The van der Waals surface area contributed by atoms with Crippen LogP contribution in [0.5, 0.6) is 0 Å². The number of H-pyrrole nitrogens is 1. The van der Waals surface area contributed by atoms with E-state index in [1.807, 2.05) is 55.6 Å². The number of hydrogen-bond acceptors (Lipinski definition) is 21. The molecular weight excluding hydrogens is 1240 g/mol. The number of benzene rings is 2. The molecule has 0 saturated heterocycles. The van der Waals surface area contributed by atoms with Crippen molar-refractivity contribution in [2.45, 2.75) is 132 Å². The maximum absolute atomic E-state index is 13.7. The predicted molar refractivity (Wildman–Crippen MR) is 314 cm³/mol. The third-order valence-corrected chi connectivity index (χ3v) is 25.0. The molecule has 14 rings (SSSR count). The fraction of sp³-hybridized carbons (Fsp3) is 0.550. The first-order valence-corrected chi connectivity index (χ1v) is 33.0. The summed E-state index contributed by atoms with van der Waals surface area (Å²) in [6, 6.07) is 16.1. The molecule has 6 aromatic rings. The molecule has 25 heteroatoms. The van der Waals surface area contributed by atoms with Crippen LogP contribution < -0.4 is 108 Å². The monoisotopic (exact) mass is 1310 g/mol. The second-order valence-electron chi connectivity index (χ2n) is 25.1. The standard InChI is InChI=1S/C29H32N2O4S2.C23H31NO7S.C7H5NS2.CH2O3.2K.H/c1-27-12-16-14-30-35-22(16)11-17(27)7-8-18-19-9-10-29(34,28(19,2)13-21(32)25(18)27)24(33)15-36-26-31-20-5-3-4-6-23(20)37-26;1-21-9-13-11-24-31-18(13)8-14(21)4-5-15-16-6-7-23(27,19(26)12-30-32(3,28)29)22(16,2)10-17(25)20(15)21;9-7-8-5-3-1-2-4-6(5)10-7;2-1-4-3;;;/h3-6,11,14,18-19,21,25,32,34H,7-10,12-13,15H2,1-2H3;8,11,15-17,20,25,27H,4-7,9-10,12H2,1-3H3;1-4H,(H,8,9);1,3H;;;/q;;;;2*+1;-1/p-1/t18?,19?,21-,25?,27-,28-,29-;15?,16?,17-,20?,21-,22-,23-;;;;;/m00...../s1. The van der Waals surface area contributed by atoms with Gasteiger partial charge in [0.15, 0.2) is 31.4 Å². The Labute approximate surface area is 597 Å². The van der Waals surface area contributed by atoms with Crippen molar-refractivity contribution in [2.24, 2.45) is 57.2 Å². The van der Waals surface area contributed by atoms with Crippen molar-refractivity contribution in [2.75, 3.05) is 18.6 Å². The molecule has 5 N–H and O–H groups in total. The first-order chi connectivity index (χ1) is 39.4. The number of carbonyl (C=O) groups is 3. The molecule has 6 unspecified atom stereocenters. The number of fused-ring (bicyclic) bond motifs is 14. The SMILES string of the molecule is C[C@]12Cc3cnoc3C=C1CCC1C2[C@@H](O)C[C@@]2(C)C1CC[C@]2(O)C(=O)COS(C)(=O)=O.C[C@]12Cc3cnoc3C=C1CCC1C2[C@@H](O)C[C@@]2(C)C1CC[C@]2(O)C(=O)CSc1nc2ccccc2s1.O=CO[O-].S=c1[nH]c2ccccc2s1.[H-].[K+].[K+]. The zero-order valence-electron chi connectivity index (χ0n) is 49.8. The molecule has 0 amide bonds. The van der Waals surface area contributed by atoms with Gasteiger partial charge in [-0.25, -0.2) is 4.98 Å². The summed E-state index contributed by atoms with van der Waals surface area (Å²) in [6.45, 7) is 7.59. The molecule has 8 aliphatic rings. The van der Waals surface area contributed by atoms with E-state index in [-0.39, 0.29) is 175 Å². The van der Waals surface area contributed by atoms with Crippen molar-refractivity contribution in [1.82, 2.24) is 20.3 Å². The van der Waals surface area contributed by atoms with Crippen LogP contribution >= 0.6 is 46.7 Å². The van der Waals surface area contributed by atoms with E-state index in [9.17, 15) is 38.4 Å². The zero-order chi connectivity index (χ0) is 59.1. The van der Waals surface area contributed by atoms with E-state index in [4.69, 9.17) is 35.5 Å². The summed E-state index contributed by atoms with van der Waals surface area (Å²) in [7, 11) is -3.80. The molecular formula is C60H70K2N4O14S5. The molecule has 4 aromatic heterocycles. The van der Waals surface area contributed by atoms with E-state index in [2.05, 4.69) is 64.2 Å².